The van der Waals surface area contributed by atoms with Crippen LogP contribution in [-0.2, 0) is 9.53 Å². The summed E-state index contributed by atoms with van der Waals surface area (Å²) < 4.78 is 10.1. The van der Waals surface area contributed by atoms with Crippen molar-refractivity contribution >= 4 is 5.97 Å². The van der Waals surface area contributed by atoms with E-state index in [2.05, 4.69) is 0 Å². The van der Waals surface area contributed by atoms with Crippen LogP contribution >= 0.6 is 0 Å². The van der Waals surface area contributed by atoms with Crippen LogP contribution in [0.1, 0.15) is 31.9 Å². The monoisotopic (exact) mass is 237 g/mol. The van der Waals surface area contributed by atoms with Gasteiger partial charge in [0.25, 0.3) is 0 Å². The summed E-state index contributed by atoms with van der Waals surface area (Å²) in [5.41, 5.74) is 6.82. The molecule has 0 saturated heterocycles. The van der Waals surface area contributed by atoms with Crippen LogP contribution in [0.25, 0.3) is 0 Å². The van der Waals surface area contributed by atoms with Crippen molar-refractivity contribution in [1.82, 2.24) is 0 Å². The molecule has 0 radical (unpaired) electrons. The van der Waals surface area contributed by atoms with Crippen molar-refractivity contribution in [2.24, 2.45) is 5.73 Å². The number of carbonyl (C=O) groups excluding carboxylic acids is 1. The molecule has 0 aromatic heterocycles. The molecule has 0 spiro atoms. The number of hydrogen-bond donors (Lipinski definition) is 1. The molecule has 4 heteroatoms. The van der Waals surface area contributed by atoms with E-state index in [1.165, 1.54) is 0 Å². The van der Waals surface area contributed by atoms with Crippen LogP contribution in [0.5, 0.6) is 5.75 Å². The quantitative estimate of drug-likeness (QED) is 0.796. The molecule has 0 saturated carbocycles. The number of hydrogen-bond acceptors (Lipinski definition) is 4. The van der Waals surface area contributed by atoms with Gasteiger partial charge >= 0.3 is 5.97 Å². The molecule has 0 aliphatic heterocycles. The standard InChI is InChI=1S/C13H19NO3/c1-9(2)17-13(15)8-12(14)10-4-6-11(16-3)7-5-10/h4-7,9,12H,8,14H2,1-3H3/t12-/m1/s1. The van der Waals surface area contributed by atoms with E-state index in [9.17, 15) is 4.79 Å². The Morgan fingerprint density at radius 1 is 1.29 bits per heavy atom. The van der Waals surface area contributed by atoms with Crippen LogP contribution in [0.4, 0.5) is 0 Å². The highest BCUT2D eigenvalue weighted by Gasteiger charge is 2.13. The summed E-state index contributed by atoms with van der Waals surface area (Å²) in [4.78, 5) is 11.4. The highest BCUT2D eigenvalue weighted by atomic mass is 16.5. The van der Waals surface area contributed by atoms with Gasteiger partial charge in [0, 0.05) is 6.04 Å². The second kappa shape index (κ2) is 6.25. The number of rotatable bonds is 5. The lowest BCUT2D eigenvalue weighted by Crippen LogP contribution is -2.19. The highest BCUT2D eigenvalue weighted by Crippen LogP contribution is 2.18. The average molecular weight is 237 g/mol. The molecule has 1 aromatic rings. The molecule has 0 heterocycles. The van der Waals surface area contributed by atoms with E-state index < -0.39 is 0 Å². The van der Waals surface area contributed by atoms with E-state index in [1.54, 1.807) is 7.11 Å². The van der Waals surface area contributed by atoms with Gasteiger partial charge in [0.2, 0.25) is 0 Å². The van der Waals surface area contributed by atoms with Crippen molar-refractivity contribution in [2.45, 2.75) is 32.4 Å². The SMILES string of the molecule is COc1ccc([C@H](N)CC(=O)OC(C)C)cc1. The van der Waals surface area contributed by atoms with Gasteiger partial charge in [-0.05, 0) is 31.5 Å². The van der Waals surface area contributed by atoms with Crippen LogP contribution in [-0.4, -0.2) is 19.2 Å². The number of methoxy groups -OCH3 is 1. The largest absolute Gasteiger partial charge is 0.497 e. The fraction of sp³-hybridized carbons (Fsp3) is 0.462. The number of ether oxygens (including phenoxy) is 2. The predicted molar refractivity (Wildman–Crippen MR) is 65.8 cm³/mol. The molecule has 2 N–H and O–H groups in total. The Morgan fingerprint density at radius 2 is 1.88 bits per heavy atom. The molecule has 1 atom stereocenters. The second-order valence-electron chi connectivity index (χ2n) is 4.12. The van der Waals surface area contributed by atoms with Crippen molar-refractivity contribution in [3.63, 3.8) is 0 Å². The molecule has 4 nitrogen and oxygen atoms in total. The lowest BCUT2D eigenvalue weighted by atomic mass is 10.0. The minimum Gasteiger partial charge on any atom is -0.497 e. The summed E-state index contributed by atoms with van der Waals surface area (Å²) in [7, 11) is 1.61. The van der Waals surface area contributed by atoms with Crippen LogP contribution in [0.15, 0.2) is 24.3 Å². The van der Waals surface area contributed by atoms with E-state index in [1.807, 2.05) is 38.1 Å². The molecule has 1 aromatic carbocycles. The van der Waals surface area contributed by atoms with E-state index in [0.717, 1.165) is 11.3 Å². The van der Waals surface area contributed by atoms with Crippen LogP contribution < -0.4 is 10.5 Å². The number of nitrogens with two attached hydrogens (primary N) is 1. The van der Waals surface area contributed by atoms with E-state index >= 15 is 0 Å². The smallest absolute Gasteiger partial charge is 0.307 e. The predicted octanol–water partition coefficient (Wildman–Crippen LogP) is 2.04. The Bertz CT molecular complexity index is 359. The van der Waals surface area contributed by atoms with Gasteiger partial charge in [-0.3, -0.25) is 4.79 Å². The Balaban J connectivity index is 2.56. The first-order valence-corrected chi connectivity index (χ1v) is 5.62. The maximum atomic E-state index is 11.4. The number of carbonyl (C=O) groups is 1. The first-order valence-electron chi connectivity index (χ1n) is 5.62. The zero-order valence-corrected chi connectivity index (χ0v) is 10.5. The van der Waals surface area contributed by atoms with Gasteiger partial charge in [-0.1, -0.05) is 12.1 Å². The summed E-state index contributed by atoms with van der Waals surface area (Å²) in [6, 6.07) is 7.01. The normalized spacial score (nSPS) is 12.3. The zero-order chi connectivity index (χ0) is 12.8. The van der Waals surface area contributed by atoms with Crippen molar-refractivity contribution in [2.75, 3.05) is 7.11 Å². The van der Waals surface area contributed by atoms with E-state index in [0.29, 0.717) is 0 Å². The maximum Gasteiger partial charge on any atom is 0.307 e. The third-order valence-electron chi connectivity index (χ3n) is 2.30. The Kier molecular flexibility index (Phi) is 4.97. The van der Waals surface area contributed by atoms with Gasteiger partial charge in [0.1, 0.15) is 5.75 Å². The van der Waals surface area contributed by atoms with Crippen molar-refractivity contribution in [1.29, 1.82) is 0 Å². The van der Waals surface area contributed by atoms with Crippen LogP contribution in [0.2, 0.25) is 0 Å². The minimum absolute atomic E-state index is 0.106. The third kappa shape index (κ3) is 4.44. The first kappa shape index (κ1) is 13.5. The van der Waals surface area contributed by atoms with Gasteiger partial charge in [0.15, 0.2) is 0 Å². The number of benzene rings is 1. The summed E-state index contributed by atoms with van der Waals surface area (Å²) in [6.07, 6.45) is 0.0791. The Morgan fingerprint density at radius 3 is 2.35 bits per heavy atom. The summed E-state index contributed by atoms with van der Waals surface area (Å²) in [5, 5.41) is 0. The third-order valence-corrected chi connectivity index (χ3v) is 2.30. The molecule has 0 amide bonds. The molecule has 94 valence electrons. The lowest BCUT2D eigenvalue weighted by molar-refractivity contribution is -0.147. The molecular formula is C13H19NO3. The molecule has 0 bridgehead atoms. The van der Waals surface area contributed by atoms with Gasteiger partial charge < -0.3 is 15.2 Å². The van der Waals surface area contributed by atoms with Gasteiger partial charge in [-0.25, -0.2) is 0 Å². The van der Waals surface area contributed by atoms with Gasteiger partial charge in [0.05, 0.1) is 19.6 Å². The summed E-state index contributed by atoms with van der Waals surface area (Å²) >= 11 is 0. The van der Waals surface area contributed by atoms with Crippen LogP contribution in [0.3, 0.4) is 0 Å². The molecule has 0 unspecified atom stereocenters. The second-order valence-corrected chi connectivity index (χ2v) is 4.12. The van der Waals surface area contributed by atoms with Gasteiger partial charge in [-0.2, -0.15) is 0 Å². The molecule has 17 heavy (non-hydrogen) atoms. The minimum atomic E-state index is -0.341. The van der Waals surface area contributed by atoms with Crippen molar-refractivity contribution < 1.29 is 14.3 Å². The van der Waals surface area contributed by atoms with E-state index in [4.69, 9.17) is 15.2 Å². The maximum absolute atomic E-state index is 11.4. The van der Waals surface area contributed by atoms with Crippen molar-refractivity contribution in [3.05, 3.63) is 29.8 Å². The number of esters is 1. The molecule has 0 aliphatic rings. The Labute approximate surface area is 102 Å². The van der Waals surface area contributed by atoms with E-state index in [-0.39, 0.29) is 24.5 Å². The average Bonchev–Trinajstić information content (AvgIpc) is 2.28. The first-order chi connectivity index (χ1) is 8.02. The highest BCUT2D eigenvalue weighted by molar-refractivity contribution is 5.70. The van der Waals surface area contributed by atoms with Crippen LogP contribution in [0, 0.1) is 0 Å². The molecule has 0 aliphatic carbocycles. The fourth-order valence-corrected chi connectivity index (χ4v) is 1.46. The summed E-state index contributed by atoms with van der Waals surface area (Å²) in [5.74, 6) is 0.494. The zero-order valence-electron chi connectivity index (χ0n) is 10.5. The summed E-state index contributed by atoms with van der Waals surface area (Å²) in [6.45, 7) is 3.63. The fourth-order valence-electron chi connectivity index (χ4n) is 1.46. The van der Waals surface area contributed by atoms with Crippen molar-refractivity contribution in [3.8, 4) is 5.75 Å². The molecule has 0 fully saturated rings. The molecule has 1 rings (SSSR count). The Hall–Kier alpha value is -1.55. The lowest BCUT2D eigenvalue weighted by Gasteiger charge is -2.13. The van der Waals surface area contributed by atoms with Gasteiger partial charge in [-0.15, -0.1) is 0 Å². The topological polar surface area (TPSA) is 61.5 Å². The molecular weight excluding hydrogens is 218 g/mol.